The van der Waals surface area contributed by atoms with Crippen LogP contribution in [0, 0.1) is 6.92 Å². The van der Waals surface area contributed by atoms with Crippen LogP contribution in [0.5, 0.6) is 0 Å². The van der Waals surface area contributed by atoms with Crippen LogP contribution < -0.4 is 0 Å². The molecule has 0 amide bonds. The molecular weight excluding hydrogens is 305 g/mol. The SMILES string of the molecule is Cc1ccccc1C(O)(c1ccncc1)C(F)(F)C(F)(F)F. The molecule has 0 radical (unpaired) electrons. The van der Waals surface area contributed by atoms with E-state index in [9.17, 15) is 27.1 Å². The van der Waals surface area contributed by atoms with Crippen molar-refractivity contribution in [3.05, 3.63) is 65.5 Å². The smallest absolute Gasteiger partial charge is 0.374 e. The van der Waals surface area contributed by atoms with E-state index >= 15 is 0 Å². The summed E-state index contributed by atoms with van der Waals surface area (Å²) in [4.78, 5) is 3.58. The largest absolute Gasteiger partial charge is 0.457 e. The van der Waals surface area contributed by atoms with Gasteiger partial charge in [0.1, 0.15) is 0 Å². The Balaban J connectivity index is 2.80. The summed E-state index contributed by atoms with van der Waals surface area (Å²) in [5, 5.41) is 10.5. The van der Waals surface area contributed by atoms with E-state index in [-0.39, 0.29) is 5.56 Å². The number of hydrogen-bond donors (Lipinski definition) is 1. The molecule has 0 saturated carbocycles. The Morgan fingerprint density at radius 3 is 1.95 bits per heavy atom. The number of aryl methyl sites for hydroxylation is 1. The van der Waals surface area contributed by atoms with Crippen LogP contribution in [0.25, 0.3) is 0 Å². The number of benzene rings is 1. The van der Waals surface area contributed by atoms with Crippen LogP contribution in [0.15, 0.2) is 48.8 Å². The number of hydrogen-bond acceptors (Lipinski definition) is 2. The van der Waals surface area contributed by atoms with E-state index in [4.69, 9.17) is 0 Å². The summed E-state index contributed by atoms with van der Waals surface area (Å²) in [6.07, 6.45) is -3.83. The first-order chi connectivity index (χ1) is 10.1. The Hall–Kier alpha value is -2.02. The standard InChI is InChI=1S/C15H12F5NO/c1-10-4-2-3-5-12(10)13(22,11-6-8-21-9-7-11)14(16,17)15(18,19)20/h2-9,22H,1H3. The van der Waals surface area contributed by atoms with E-state index in [1.807, 2.05) is 0 Å². The van der Waals surface area contributed by atoms with Gasteiger partial charge in [0.2, 0.25) is 0 Å². The summed E-state index contributed by atoms with van der Waals surface area (Å²) in [5.41, 5.74) is -4.52. The van der Waals surface area contributed by atoms with E-state index in [1.165, 1.54) is 25.1 Å². The minimum absolute atomic E-state index is 0.116. The lowest BCUT2D eigenvalue weighted by Crippen LogP contribution is -2.55. The van der Waals surface area contributed by atoms with Crippen molar-refractivity contribution >= 4 is 0 Å². The van der Waals surface area contributed by atoms with Gasteiger partial charge in [0.15, 0.2) is 5.60 Å². The highest BCUT2D eigenvalue weighted by Crippen LogP contribution is 2.52. The first-order valence-corrected chi connectivity index (χ1v) is 6.26. The van der Waals surface area contributed by atoms with Crippen molar-refractivity contribution in [3.8, 4) is 0 Å². The topological polar surface area (TPSA) is 33.1 Å². The molecule has 1 atom stereocenters. The molecule has 2 aromatic rings. The maximum Gasteiger partial charge on any atom is 0.457 e. The number of pyridine rings is 1. The maximum atomic E-state index is 14.1. The summed E-state index contributed by atoms with van der Waals surface area (Å²) in [6.45, 7) is 1.36. The number of aliphatic hydroxyl groups is 1. The van der Waals surface area contributed by atoms with Gasteiger partial charge in [-0.15, -0.1) is 0 Å². The Bertz CT molecular complexity index is 656. The van der Waals surface area contributed by atoms with Gasteiger partial charge in [-0.1, -0.05) is 24.3 Å². The van der Waals surface area contributed by atoms with Gasteiger partial charge in [-0.25, -0.2) is 0 Å². The second-order valence-corrected chi connectivity index (χ2v) is 4.83. The first kappa shape index (κ1) is 16.4. The van der Waals surface area contributed by atoms with E-state index in [1.54, 1.807) is 0 Å². The average molecular weight is 317 g/mol. The first-order valence-electron chi connectivity index (χ1n) is 6.26. The summed E-state index contributed by atoms with van der Waals surface area (Å²) >= 11 is 0. The molecule has 1 heterocycles. The molecule has 1 N–H and O–H groups in total. The highest BCUT2D eigenvalue weighted by Gasteiger charge is 2.71. The van der Waals surface area contributed by atoms with Gasteiger partial charge in [0.25, 0.3) is 0 Å². The third-order valence-corrected chi connectivity index (χ3v) is 3.44. The lowest BCUT2D eigenvalue weighted by atomic mass is 9.79. The molecule has 0 aliphatic rings. The van der Waals surface area contributed by atoms with Crippen molar-refractivity contribution in [2.24, 2.45) is 0 Å². The van der Waals surface area contributed by atoms with Gasteiger partial charge in [-0.2, -0.15) is 22.0 Å². The van der Waals surface area contributed by atoms with Gasteiger partial charge in [-0.3, -0.25) is 4.98 Å². The molecule has 1 unspecified atom stereocenters. The molecule has 0 fully saturated rings. The number of alkyl halides is 5. The van der Waals surface area contributed by atoms with E-state index in [0.29, 0.717) is 0 Å². The zero-order valence-corrected chi connectivity index (χ0v) is 11.4. The van der Waals surface area contributed by atoms with Crippen LogP contribution in [0.1, 0.15) is 16.7 Å². The molecule has 118 valence electrons. The Kier molecular flexibility index (Phi) is 3.95. The molecular formula is C15H12F5NO. The fraction of sp³-hybridized carbons (Fsp3) is 0.267. The zero-order chi connectivity index (χ0) is 16.6. The normalized spacial score (nSPS) is 15.4. The molecule has 0 bridgehead atoms. The number of nitrogens with zero attached hydrogens (tertiary/aromatic N) is 1. The van der Waals surface area contributed by atoms with Crippen molar-refractivity contribution < 1.29 is 27.1 Å². The molecule has 2 nitrogen and oxygen atoms in total. The molecule has 7 heteroatoms. The monoisotopic (exact) mass is 317 g/mol. The number of aromatic nitrogens is 1. The highest BCUT2D eigenvalue weighted by molar-refractivity contribution is 5.43. The highest BCUT2D eigenvalue weighted by atomic mass is 19.4. The maximum absolute atomic E-state index is 14.1. The van der Waals surface area contributed by atoms with Crippen LogP contribution in [-0.4, -0.2) is 22.2 Å². The molecule has 0 spiro atoms. The van der Waals surface area contributed by atoms with Crippen LogP contribution >= 0.6 is 0 Å². The van der Waals surface area contributed by atoms with Gasteiger partial charge >= 0.3 is 12.1 Å². The zero-order valence-electron chi connectivity index (χ0n) is 11.4. The van der Waals surface area contributed by atoms with E-state index < -0.39 is 28.8 Å². The third-order valence-electron chi connectivity index (χ3n) is 3.44. The Morgan fingerprint density at radius 1 is 0.909 bits per heavy atom. The second-order valence-electron chi connectivity index (χ2n) is 4.83. The minimum atomic E-state index is -5.92. The van der Waals surface area contributed by atoms with Gasteiger partial charge in [-0.05, 0) is 35.7 Å². The third kappa shape index (κ3) is 2.35. The van der Waals surface area contributed by atoms with Crippen LogP contribution in [0.2, 0.25) is 0 Å². The summed E-state index contributed by atoms with van der Waals surface area (Å²) < 4.78 is 67.0. The van der Waals surface area contributed by atoms with E-state index in [2.05, 4.69) is 4.98 Å². The summed E-state index contributed by atoms with van der Waals surface area (Å²) in [5.74, 6) is -5.38. The van der Waals surface area contributed by atoms with Crippen molar-refractivity contribution in [2.45, 2.75) is 24.6 Å². The van der Waals surface area contributed by atoms with Crippen molar-refractivity contribution in [2.75, 3.05) is 0 Å². The van der Waals surface area contributed by atoms with Gasteiger partial charge in [0, 0.05) is 12.4 Å². The Labute approximate surface area is 123 Å². The van der Waals surface area contributed by atoms with Crippen molar-refractivity contribution in [1.29, 1.82) is 0 Å². The van der Waals surface area contributed by atoms with Gasteiger partial charge in [0.05, 0.1) is 0 Å². The fourth-order valence-electron chi connectivity index (χ4n) is 2.28. The molecule has 1 aromatic carbocycles. The van der Waals surface area contributed by atoms with Crippen LogP contribution in [0.3, 0.4) is 0 Å². The van der Waals surface area contributed by atoms with Crippen LogP contribution in [-0.2, 0) is 5.60 Å². The fourth-order valence-corrected chi connectivity index (χ4v) is 2.28. The second kappa shape index (κ2) is 5.31. The lowest BCUT2D eigenvalue weighted by Gasteiger charge is -2.38. The molecule has 0 aliphatic carbocycles. The average Bonchev–Trinajstić information content (AvgIpc) is 2.46. The predicted molar refractivity (Wildman–Crippen MR) is 69.4 cm³/mol. The Morgan fingerprint density at radius 2 is 1.45 bits per heavy atom. The predicted octanol–water partition coefficient (Wildman–Crippen LogP) is 3.82. The molecule has 1 aromatic heterocycles. The minimum Gasteiger partial charge on any atom is -0.374 e. The summed E-state index contributed by atoms with van der Waals surface area (Å²) in [7, 11) is 0. The molecule has 0 saturated heterocycles. The summed E-state index contributed by atoms with van der Waals surface area (Å²) in [6, 6.07) is 7.06. The molecule has 2 rings (SSSR count). The van der Waals surface area contributed by atoms with Crippen molar-refractivity contribution in [1.82, 2.24) is 4.98 Å². The quantitative estimate of drug-likeness (QED) is 0.873. The van der Waals surface area contributed by atoms with E-state index in [0.717, 1.165) is 30.6 Å². The number of halogens is 5. The van der Waals surface area contributed by atoms with Crippen LogP contribution in [0.4, 0.5) is 22.0 Å². The lowest BCUT2D eigenvalue weighted by molar-refractivity contribution is -0.336. The molecule has 0 aliphatic heterocycles. The van der Waals surface area contributed by atoms with Gasteiger partial charge < -0.3 is 5.11 Å². The van der Waals surface area contributed by atoms with Crippen molar-refractivity contribution in [3.63, 3.8) is 0 Å². The number of rotatable bonds is 3. The molecule has 22 heavy (non-hydrogen) atoms.